The zero-order chi connectivity index (χ0) is 11.0. The molecule has 0 aliphatic carbocycles. The van der Waals surface area contributed by atoms with Crippen molar-refractivity contribution < 1.29 is 28.4 Å². The van der Waals surface area contributed by atoms with Gasteiger partial charge in [-0.3, -0.25) is 9.32 Å². The maximum atomic E-state index is 10.9. The van der Waals surface area contributed by atoms with Crippen molar-refractivity contribution in [3.05, 3.63) is 0 Å². The molecule has 6 nitrogen and oxygen atoms in total. The first-order valence-corrected chi connectivity index (χ1v) is 5.84. The molecular weight excluding hydrogens is 211 g/mol. The second-order valence-electron chi connectivity index (χ2n) is 2.65. The van der Waals surface area contributed by atoms with Gasteiger partial charge < -0.3 is 14.5 Å². The second-order valence-corrected chi connectivity index (χ2v) is 3.89. The van der Waals surface area contributed by atoms with Crippen LogP contribution >= 0.6 is 7.82 Å². The first kappa shape index (κ1) is 13.6. The predicted molar refractivity (Wildman–Crippen MR) is 48.5 cm³/mol. The molecule has 0 aromatic rings. The van der Waals surface area contributed by atoms with Crippen LogP contribution in [0.5, 0.6) is 0 Å². The molecular formula is C7H15O6P. The van der Waals surface area contributed by atoms with E-state index < -0.39 is 7.82 Å². The molecule has 0 unspecified atom stereocenters. The summed E-state index contributed by atoms with van der Waals surface area (Å²) in [6.07, 6.45) is 1.97. The average molecular weight is 226 g/mol. The van der Waals surface area contributed by atoms with E-state index in [4.69, 9.17) is 9.79 Å². The lowest BCUT2D eigenvalue weighted by atomic mass is 10.2. The van der Waals surface area contributed by atoms with Gasteiger partial charge in [0, 0.05) is 6.42 Å². The minimum absolute atomic E-state index is 0.131. The first-order valence-electron chi connectivity index (χ1n) is 4.31. The molecule has 0 bridgehead atoms. The minimum Gasteiger partial charge on any atom is -0.463 e. The van der Waals surface area contributed by atoms with Gasteiger partial charge in [-0.2, -0.15) is 0 Å². The SMILES string of the molecule is CCCCC(=O)OCCOP(=O)(O)O. The summed E-state index contributed by atoms with van der Waals surface area (Å²) in [7, 11) is -4.44. The number of hydrogen-bond acceptors (Lipinski definition) is 4. The maximum absolute atomic E-state index is 10.9. The number of ether oxygens (including phenoxy) is 1. The van der Waals surface area contributed by atoms with Crippen molar-refractivity contribution in [2.45, 2.75) is 26.2 Å². The fraction of sp³-hybridized carbons (Fsp3) is 0.857. The Morgan fingerprint density at radius 3 is 2.50 bits per heavy atom. The molecule has 0 atom stereocenters. The van der Waals surface area contributed by atoms with Crippen LogP contribution in [0.4, 0.5) is 0 Å². The van der Waals surface area contributed by atoms with E-state index in [2.05, 4.69) is 9.26 Å². The Morgan fingerprint density at radius 2 is 2.00 bits per heavy atom. The molecule has 0 aromatic carbocycles. The highest BCUT2D eigenvalue weighted by atomic mass is 31.2. The van der Waals surface area contributed by atoms with Crippen LogP contribution in [0.2, 0.25) is 0 Å². The van der Waals surface area contributed by atoms with Crippen LogP contribution in [0.3, 0.4) is 0 Å². The van der Waals surface area contributed by atoms with E-state index in [0.29, 0.717) is 6.42 Å². The molecule has 0 fully saturated rings. The highest BCUT2D eigenvalue weighted by molar-refractivity contribution is 7.46. The molecule has 0 saturated carbocycles. The Morgan fingerprint density at radius 1 is 1.36 bits per heavy atom. The van der Waals surface area contributed by atoms with Crippen LogP contribution in [0.25, 0.3) is 0 Å². The number of phosphoric acid groups is 1. The third kappa shape index (κ3) is 9.67. The van der Waals surface area contributed by atoms with E-state index in [0.717, 1.165) is 12.8 Å². The van der Waals surface area contributed by atoms with Crippen molar-refractivity contribution in [1.82, 2.24) is 0 Å². The molecule has 0 aliphatic heterocycles. The van der Waals surface area contributed by atoms with Gasteiger partial charge in [0.25, 0.3) is 0 Å². The predicted octanol–water partition coefficient (Wildman–Crippen LogP) is 0.829. The highest BCUT2D eigenvalue weighted by Gasteiger charge is 2.13. The second kappa shape index (κ2) is 6.95. The molecule has 0 aromatic heterocycles. The third-order valence-electron chi connectivity index (χ3n) is 1.34. The molecule has 0 aliphatic rings. The molecule has 0 radical (unpaired) electrons. The molecule has 0 saturated heterocycles. The van der Waals surface area contributed by atoms with Gasteiger partial charge in [-0.25, -0.2) is 4.57 Å². The molecule has 0 spiro atoms. The molecule has 84 valence electrons. The van der Waals surface area contributed by atoms with Crippen LogP contribution in [0, 0.1) is 0 Å². The average Bonchev–Trinajstić information content (AvgIpc) is 2.07. The van der Waals surface area contributed by atoms with E-state index in [1.54, 1.807) is 0 Å². The number of unbranched alkanes of at least 4 members (excludes halogenated alkanes) is 1. The number of rotatable bonds is 7. The van der Waals surface area contributed by atoms with Gasteiger partial charge in [-0.05, 0) is 6.42 Å². The van der Waals surface area contributed by atoms with Crippen LogP contribution in [0.1, 0.15) is 26.2 Å². The van der Waals surface area contributed by atoms with Gasteiger partial charge in [-0.1, -0.05) is 13.3 Å². The van der Waals surface area contributed by atoms with Crippen molar-refractivity contribution in [2.24, 2.45) is 0 Å². The van der Waals surface area contributed by atoms with Crippen molar-refractivity contribution in [2.75, 3.05) is 13.2 Å². The number of esters is 1. The summed E-state index contributed by atoms with van der Waals surface area (Å²) in [6, 6.07) is 0. The molecule has 7 heteroatoms. The fourth-order valence-corrected chi connectivity index (χ4v) is 1.02. The van der Waals surface area contributed by atoms with E-state index in [1.165, 1.54) is 0 Å². The Bertz CT molecular complexity index is 210. The van der Waals surface area contributed by atoms with Crippen molar-refractivity contribution in [3.63, 3.8) is 0 Å². The van der Waals surface area contributed by atoms with Crippen LogP contribution in [-0.2, 0) is 18.6 Å². The van der Waals surface area contributed by atoms with Crippen molar-refractivity contribution >= 4 is 13.8 Å². The van der Waals surface area contributed by atoms with Crippen LogP contribution < -0.4 is 0 Å². The number of hydrogen-bond donors (Lipinski definition) is 2. The number of carbonyl (C=O) groups excluding carboxylic acids is 1. The van der Waals surface area contributed by atoms with Crippen LogP contribution in [-0.4, -0.2) is 29.0 Å². The Kier molecular flexibility index (Phi) is 6.74. The maximum Gasteiger partial charge on any atom is 0.469 e. The Hall–Kier alpha value is -0.420. The zero-order valence-electron chi connectivity index (χ0n) is 8.01. The van der Waals surface area contributed by atoms with Crippen molar-refractivity contribution in [3.8, 4) is 0 Å². The van der Waals surface area contributed by atoms with Gasteiger partial charge in [0.15, 0.2) is 0 Å². The van der Waals surface area contributed by atoms with E-state index in [-0.39, 0.29) is 19.2 Å². The number of phosphoric ester groups is 1. The van der Waals surface area contributed by atoms with Crippen molar-refractivity contribution in [1.29, 1.82) is 0 Å². The summed E-state index contributed by atoms with van der Waals surface area (Å²) < 4.78 is 18.9. The normalized spacial score (nSPS) is 11.4. The van der Waals surface area contributed by atoms with Gasteiger partial charge in [0.1, 0.15) is 6.61 Å². The van der Waals surface area contributed by atoms with Gasteiger partial charge in [0.05, 0.1) is 6.61 Å². The third-order valence-corrected chi connectivity index (χ3v) is 1.86. The zero-order valence-corrected chi connectivity index (χ0v) is 8.90. The number of carbonyl (C=O) groups is 1. The quantitative estimate of drug-likeness (QED) is 0.379. The summed E-state index contributed by atoms with van der Waals surface area (Å²) in [5.74, 6) is -0.374. The summed E-state index contributed by atoms with van der Waals surface area (Å²) in [6.45, 7) is 1.53. The first-order chi connectivity index (χ1) is 6.45. The van der Waals surface area contributed by atoms with Gasteiger partial charge in [0.2, 0.25) is 0 Å². The largest absolute Gasteiger partial charge is 0.469 e. The topological polar surface area (TPSA) is 93.1 Å². The summed E-state index contributed by atoms with van der Waals surface area (Å²) >= 11 is 0. The Balaban J connectivity index is 3.36. The molecule has 0 amide bonds. The molecule has 0 rings (SSSR count). The highest BCUT2D eigenvalue weighted by Crippen LogP contribution is 2.35. The summed E-state index contributed by atoms with van der Waals surface area (Å²) in [5, 5.41) is 0. The summed E-state index contributed by atoms with van der Waals surface area (Å²) in [5.41, 5.74) is 0. The lowest BCUT2D eigenvalue weighted by Crippen LogP contribution is -2.09. The molecule has 14 heavy (non-hydrogen) atoms. The smallest absolute Gasteiger partial charge is 0.463 e. The minimum atomic E-state index is -4.44. The van der Waals surface area contributed by atoms with E-state index >= 15 is 0 Å². The fourth-order valence-electron chi connectivity index (χ4n) is 0.705. The van der Waals surface area contributed by atoms with E-state index in [1.807, 2.05) is 6.92 Å². The Labute approximate surface area is 82.5 Å². The standard InChI is InChI=1S/C7H15O6P/c1-2-3-4-7(8)12-5-6-13-14(9,10)11/h2-6H2,1H3,(H2,9,10,11). The van der Waals surface area contributed by atoms with E-state index in [9.17, 15) is 9.36 Å². The molecule has 0 heterocycles. The monoisotopic (exact) mass is 226 g/mol. The summed E-state index contributed by atoms with van der Waals surface area (Å²) in [4.78, 5) is 27.4. The van der Waals surface area contributed by atoms with Gasteiger partial charge in [-0.15, -0.1) is 0 Å². The molecule has 2 N–H and O–H groups in total. The lowest BCUT2D eigenvalue weighted by molar-refractivity contribution is -0.144. The van der Waals surface area contributed by atoms with Crippen LogP contribution in [0.15, 0.2) is 0 Å². The lowest BCUT2D eigenvalue weighted by Gasteiger charge is -2.06. The van der Waals surface area contributed by atoms with Gasteiger partial charge >= 0.3 is 13.8 Å².